The fourth-order valence-corrected chi connectivity index (χ4v) is 2.72. The van der Waals surface area contributed by atoms with Crippen LogP contribution in [0, 0.1) is 18.8 Å². The smallest absolute Gasteiger partial charge is 0.203 e. The van der Waals surface area contributed by atoms with Crippen molar-refractivity contribution in [3.05, 3.63) is 11.9 Å². The summed E-state index contributed by atoms with van der Waals surface area (Å²) in [5.74, 6) is 2.49. The lowest BCUT2D eigenvalue weighted by Crippen LogP contribution is -2.33. The van der Waals surface area contributed by atoms with E-state index in [4.69, 9.17) is 0 Å². The number of aryl methyl sites for hydroxylation is 1. The summed E-state index contributed by atoms with van der Waals surface area (Å²) in [6, 6.07) is 0. The third-order valence-corrected chi connectivity index (χ3v) is 3.85. The second-order valence-corrected chi connectivity index (χ2v) is 6.38. The molecule has 2 rings (SSSR count). The lowest BCUT2D eigenvalue weighted by Gasteiger charge is -2.29. The average molecular weight is 264 g/mol. The van der Waals surface area contributed by atoms with Gasteiger partial charge in [-0.15, -0.1) is 0 Å². The number of rotatable bonds is 5. The first-order valence-electron chi connectivity index (χ1n) is 7.50. The van der Waals surface area contributed by atoms with Crippen molar-refractivity contribution in [2.45, 2.75) is 40.2 Å². The van der Waals surface area contributed by atoms with Gasteiger partial charge in [-0.3, -0.25) is 0 Å². The maximum atomic E-state index is 4.60. The number of anilines is 1. The number of hydrogen-bond donors (Lipinski definition) is 1. The van der Waals surface area contributed by atoms with Crippen LogP contribution in [0.3, 0.4) is 0 Å². The van der Waals surface area contributed by atoms with E-state index >= 15 is 0 Å². The number of piperidine rings is 1. The van der Waals surface area contributed by atoms with Crippen LogP contribution >= 0.6 is 0 Å². The quantitative estimate of drug-likeness (QED) is 0.887. The molecule has 1 aromatic rings. The molecule has 1 saturated heterocycles. The van der Waals surface area contributed by atoms with E-state index in [-0.39, 0.29) is 0 Å². The molecule has 0 atom stereocenters. The van der Waals surface area contributed by atoms with Gasteiger partial charge in [0.15, 0.2) is 0 Å². The van der Waals surface area contributed by atoms with Gasteiger partial charge in [0.25, 0.3) is 0 Å². The molecule has 19 heavy (non-hydrogen) atoms. The van der Waals surface area contributed by atoms with E-state index in [2.05, 4.69) is 53.8 Å². The normalized spacial score (nSPS) is 18.2. The summed E-state index contributed by atoms with van der Waals surface area (Å²) < 4.78 is 2.26. The number of hydrogen-bond acceptors (Lipinski definition) is 3. The van der Waals surface area contributed by atoms with Crippen LogP contribution in [0.15, 0.2) is 6.20 Å². The molecule has 1 aliphatic rings. The van der Waals surface area contributed by atoms with Crippen LogP contribution in [-0.4, -0.2) is 41.1 Å². The molecule has 0 radical (unpaired) electrons. The Morgan fingerprint density at radius 1 is 1.37 bits per heavy atom. The van der Waals surface area contributed by atoms with Crippen molar-refractivity contribution in [3.8, 4) is 0 Å². The minimum Gasteiger partial charge on any atom is -0.355 e. The van der Waals surface area contributed by atoms with Crippen molar-refractivity contribution in [3.63, 3.8) is 0 Å². The predicted molar refractivity (Wildman–Crippen MR) is 80.5 cm³/mol. The van der Waals surface area contributed by atoms with Crippen LogP contribution in [0.1, 0.15) is 32.4 Å². The molecule has 1 N–H and O–H groups in total. The number of nitrogens with one attached hydrogen (secondary N) is 1. The Morgan fingerprint density at radius 3 is 2.68 bits per heavy atom. The molecular formula is C15H28N4. The molecule has 108 valence electrons. The number of likely N-dealkylation sites (tertiary alicyclic amines) is 1. The first-order chi connectivity index (χ1) is 9.04. The van der Waals surface area contributed by atoms with Gasteiger partial charge in [-0.1, -0.05) is 13.8 Å². The molecule has 0 aromatic carbocycles. The van der Waals surface area contributed by atoms with Gasteiger partial charge in [0.1, 0.15) is 0 Å². The van der Waals surface area contributed by atoms with Gasteiger partial charge in [0, 0.05) is 19.3 Å². The summed E-state index contributed by atoms with van der Waals surface area (Å²) in [7, 11) is 2.21. The van der Waals surface area contributed by atoms with Crippen LogP contribution in [0.5, 0.6) is 0 Å². The second-order valence-electron chi connectivity index (χ2n) is 6.38. The van der Waals surface area contributed by atoms with Crippen LogP contribution < -0.4 is 5.32 Å². The van der Waals surface area contributed by atoms with Gasteiger partial charge in [-0.2, -0.15) is 0 Å². The molecule has 0 unspecified atom stereocenters. The lowest BCUT2D eigenvalue weighted by molar-refractivity contribution is 0.226. The zero-order valence-electron chi connectivity index (χ0n) is 12.8. The molecule has 0 spiro atoms. The zero-order valence-corrected chi connectivity index (χ0v) is 12.8. The Bertz CT molecular complexity index is 389. The molecule has 1 fully saturated rings. The molecule has 2 heterocycles. The van der Waals surface area contributed by atoms with Gasteiger partial charge in [0.2, 0.25) is 5.95 Å². The van der Waals surface area contributed by atoms with Gasteiger partial charge in [0.05, 0.1) is 5.69 Å². The van der Waals surface area contributed by atoms with Gasteiger partial charge >= 0.3 is 0 Å². The summed E-state index contributed by atoms with van der Waals surface area (Å²) in [5.41, 5.74) is 1.10. The Hall–Kier alpha value is -1.03. The van der Waals surface area contributed by atoms with E-state index in [1.54, 1.807) is 0 Å². The molecular weight excluding hydrogens is 236 g/mol. The van der Waals surface area contributed by atoms with Crippen molar-refractivity contribution in [1.29, 1.82) is 0 Å². The number of imidazole rings is 1. The highest BCUT2D eigenvalue weighted by Gasteiger charge is 2.17. The molecule has 0 aliphatic carbocycles. The van der Waals surface area contributed by atoms with E-state index in [9.17, 15) is 0 Å². The highest BCUT2D eigenvalue weighted by atomic mass is 15.2. The molecule has 1 aromatic heterocycles. The SMILES string of the molecule is Cc1cn(CC(C)C)c(NCC2CCN(C)CC2)n1. The summed E-state index contributed by atoms with van der Waals surface area (Å²) >= 11 is 0. The lowest BCUT2D eigenvalue weighted by atomic mass is 9.97. The Labute approximate surface area is 117 Å². The summed E-state index contributed by atoms with van der Waals surface area (Å²) in [6.07, 6.45) is 4.75. The van der Waals surface area contributed by atoms with Crippen molar-refractivity contribution in [2.75, 3.05) is 32.0 Å². The van der Waals surface area contributed by atoms with Crippen LogP contribution in [0.25, 0.3) is 0 Å². The molecule has 0 bridgehead atoms. The van der Waals surface area contributed by atoms with E-state index in [1.807, 2.05) is 0 Å². The standard InChI is InChI=1S/C15H28N4/c1-12(2)10-19-11-13(3)17-15(19)16-9-14-5-7-18(4)8-6-14/h11-12,14H,5-10H2,1-4H3,(H,16,17). The number of aromatic nitrogens is 2. The third-order valence-electron chi connectivity index (χ3n) is 3.85. The Morgan fingerprint density at radius 2 is 2.05 bits per heavy atom. The van der Waals surface area contributed by atoms with E-state index in [0.717, 1.165) is 30.6 Å². The fraction of sp³-hybridized carbons (Fsp3) is 0.800. The van der Waals surface area contributed by atoms with Crippen molar-refractivity contribution >= 4 is 5.95 Å². The molecule has 1 aliphatic heterocycles. The summed E-state index contributed by atoms with van der Waals surface area (Å²) in [4.78, 5) is 7.02. The van der Waals surface area contributed by atoms with Crippen LogP contribution in [0.4, 0.5) is 5.95 Å². The van der Waals surface area contributed by atoms with Crippen LogP contribution in [0.2, 0.25) is 0 Å². The monoisotopic (exact) mass is 264 g/mol. The maximum absolute atomic E-state index is 4.60. The molecule has 4 nitrogen and oxygen atoms in total. The molecule has 0 amide bonds. The van der Waals surface area contributed by atoms with E-state index < -0.39 is 0 Å². The van der Waals surface area contributed by atoms with Crippen molar-refractivity contribution in [2.24, 2.45) is 11.8 Å². The first-order valence-corrected chi connectivity index (χ1v) is 7.50. The van der Waals surface area contributed by atoms with Gasteiger partial charge < -0.3 is 14.8 Å². The van der Waals surface area contributed by atoms with Crippen LogP contribution in [-0.2, 0) is 6.54 Å². The topological polar surface area (TPSA) is 33.1 Å². The number of nitrogens with zero attached hydrogens (tertiary/aromatic N) is 3. The largest absolute Gasteiger partial charge is 0.355 e. The maximum Gasteiger partial charge on any atom is 0.203 e. The van der Waals surface area contributed by atoms with Gasteiger partial charge in [-0.25, -0.2) is 4.98 Å². The summed E-state index contributed by atoms with van der Waals surface area (Å²) in [6.45, 7) is 11.1. The van der Waals surface area contributed by atoms with Crippen molar-refractivity contribution < 1.29 is 0 Å². The first kappa shape index (κ1) is 14.4. The zero-order chi connectivity index (χ0) is 13.8. The van der Waals surface area contributed by atoms with Crippen molar-refractivity contribution in [1.82, 2.24) is 14.5 Å². The fourth-order valence-electron chi connectivity index (χ4n) is 2.72. The highest BCUT2D eigenvalue weighted by molar-refractivity contribution is 5.28. The van der Waals surface area contributed by atoms with Gasteiger partial charge in [-0.05, 0) is 51.7 Å². The summed E-state index contributed by atoms with van der Waals surface area (Å²) in [5, 5.41) is 3.56. The highest BCUT2D eigenvalue weighted by Crippen LogP contribution is 2.18. The second kappa shape index (κ2) is 6.42. The Kier molecular flexibility index (Phi) is 4.86. The minimum atomic E-state index is 0.650. The predicted octanol–water partition coefficient (Wildman–Crippen LogP) is 2.60. The Balaban J connectivity index is 1.88. The minimum absolute atomic E-state index is 0.650. The molecule has 4 heteroatoms. The third kappa shape index (κ3) is 4.23. The average Bonchev–Trinajstić information content (AvgIpc) is 2.68. The van der Waals surface area contributed by atoms with E-state index in [0.29, 0.717) is 5.92 Å². The molecule has 0 saturated carbocycles. The van der Waals surface area contributed by atoms with E-state index in [1.165, 1.54) is 25.9 Å².